The van der Waals surface area contributed by atoms with Gasteiger partial charge in [0, 0.05) is 16.5 Å². The number of carbonyl (C=O) groups excluding carboxylic acids is 1. The molecule has 0 aliphatic heterocycles. The van der Waals surface area contributed by atoms with Crippen LogP contribution in [0.5, 0.6) is 5.75 Å². The first kappa shape index (κ1) is 22.3. The SMILES string of the molecule is CC(C)(C)C(=O)Nc1cc(-c2cn3nc(-c4cccc(O)c4)ccc3n2)ccc1C(F)(F)F. The molecule has 2 heterocycles. The van der Waals surface area contributed by atoms with Gasteiger partial charge >= 0.3 is 6.18 Å². The first-order valence-corrected chi connectivity index (χ1v) is 10.1. The number of phenolic OH excluding ortho intramolecular Hbond substituents is 1. The van der Waals surface area contributed by atoms with E-state index in [1.54, 1.807) is 63.4 Å². The molecule has 6 nitrogen and oxygen atoms in total. The number of hydrogen-bond donors (Lipinski definition) is 2. The average Bonchev–Trinajstić information content (AvgIpc) is 3.15. The molecular weight excluding hydrogens is 433 g/mol. The maximum Gasteiger partial charge on any atom is 0.418 e. The summed E-state index contributed by atoms with van der Waals surface area (Å²) >= 11 is 0. The van der Waals surface area contributed by atoms with Crippen molar-refractivity contribution in [1.29, 1.82) is 0 Å². The van der Waals surface area contributed by atoms with Crippen LogP contribution in [0.1, 0.15) is 26.3 Å². The third kappa shape index (κ3) is 4.67. The van der Waals surface area contributed by atoms with Crippen LogP contribution in [0.25, 0.3) is 28.2 Å². The van der Waals surface area contributed by atoms with Crippen LogP contribution in [0, 0.1) is 5.41 Å². The van der Waals surface area contributed by atoms with Crippen molar-refractivity contribution in [3.8, 4) is 28.3 Å². The van der Waals surface area contributed by atoms with Gasteiger partial charge in [-0.05, 0) is 36.4 Å². The summed E-state index contributed by atoms with van der Waals surface area (Å²) in [5.41, 5.74) is 0.457. The maximum absolute atomic E-state index is 13.5. The van der Waals surface area contributed by atoms with Crippen molar-refractivity contribution in [2.24, 2.45) is 5.41 Å². The van der Waals surface area contributed by atoms with Gasteiger partial charge in [-0.2, -0.15) is 18.3 Å². The number of hydrogen-bond acceptors (Lipinski definition) is 4. The van der Waals surface area contributed by atoms with E-state index in [2.05, 4.69) is 15.4 Å². The maximum atomic E-state index is 13.5. The highest BCUT2D eigenvalue weighted by molar-refractivity contribution is 5.96. The molecule has 1 amide bonds. The summed E-state index contributed by atoms with van der Waals surface area (Å²) in [4.78, 5) is 16.8. The number of benzene rings is 2. The van der Waals surface area contributed by atoms with Gasteiger partial charge in [0.25, 0.3) is 0 Å². The quantitative estimate of drug-likeness (QED) is 0.412. The lowest BCUT2D eigenvalue weighted by molar-refractivity contribution is -0.137. The summed E-state index contributed by atoms with van der Waals surface area (Å²) in [7, 11) is 0. The van der Waals surface area contributed by atoms with E-state index in [9.17, 15) is 23.1 Å². The van der Waals surface area contributed by atoms with Crippen LogP contribution < -0.4 is 5.32 Å². The van der Waals surface area contributed by atoms with Gasteiger partial charge in [0.2, 0.25) is 5.91 Å². The Hall–Kier alpha value is -3.88. The van der Waals surface area contributed by atoms with Crippen molar-refractivity contribution in [2.75, 3.05) is 5.32 Å². The first-order chi connectivity index (χ1) is 15.4. The van der Waals surface area contributed by atoms with Gasteiger partial charge in [-0.3, -0.25) is 4.79 Å². The molecule has 0 fully saturated rings. The lowest BCUT2D eigenvalue weighted by Gasteiger charge is -2.20. The Balaban J connectivity index is 1.75. The standard InChI is InChI=1S/C24H21F3N4O2/c1-23(2,3)22(33)29-19-12-15(7-8-17(19)24(25,26)27)20-13-31-21(28-20)10-9-18(30-31)14-5-4-6-16(32)11-14/h4-13,32H,1-3H3,(H,29,33). The summed E-state index contributed by atoms with van der Waals surface area (Å²) in [6, 6.07) is 13.6. The van der Waals surface area contributed by atoms with Gasteiger partial charge in [-0.25, -0.2) is 9.50 Å². The largest absolute Gasteiger partial charge is 0.508 e. The second kappa shape index (κ2) is 7.91. The number of halogens is 3. The molecule has 170 valence electrons. The van der Waals surface area contributed by atoms with Gasteiger partial charge < -0.3 is 10.4 Å². The van der Waals surface area contributed by atoms with E-state index in [-0.39, 0.29) is 11.4 Å². The topological polar surface area (TPSA) is 79.5 Å². The van der Waals surface area contributed by atoms with E-state index in [1.165, 1.54) is 16.6 Å². The lowest BCUT2D eigenvalue weighted by atomic mass is 9.95. The second-order valence-electron chi connectivity index (χ2n) is 8.66. The van der Waals surface area contributed by atoms with Gasteiger partial charge in [0.15, 0.2) is 5.65 Å². The molecule has 4 rings (SSSR count). The van der Waals surface area contributed by atoms with Crippen LogP contribution >= 0.6 is 0 Å². The number of aromatic nitrogens is 3. The Morgan fingerprint density at radius 3 is 2.36 bits per heavy atom. The summed E-state index contributed by atoms with van der Waals surface area (Å²) in [5, 5.41) is 16.6. The van der Waals surface area contributed by atoms with Crippen LogP contribution in [0.3, 0.4) is 0 Å². The average molecular weight is 454 g/mol. The van der Waals surface area contributed by atoms with Crippen LogP contribution in [-0.2, 0) is 11.0 Å². The number of aromatic hydroxyl groups is 1. The summed E-state index contributed by atoms with van der Waals surface area (Å²) in [6.07, 6.45) is -3.03. The molecule has 0 spiro atoms. The highest BCUT2D eigenvalue weighted by Crippen LogP contribution is 2.38. The summed E-state index contributed by atoms with van der Waals surface area (Å²) in [5.74, 6) is -0.423. The van der Waals surface area contributed by atoms with Crippen molar-refractivity contribution in [2.45, 2.75) is 26.9 Å². The number of rotatable bonds is 3. The fourth-order valence-corrected chi connectivity index (χ4v) is 3.20. The van der Waals surface area contributed by atoms with E-state index in [4.69, 9.17) is 0 Å². The predicted octanol–water partition coefficient (Wildman–Crippen LogP) is 5.77. The van der Waals surface area contributed by atoms with Crippen molar-refractivity contribution in [3.63, 3.8) is 0 Å². The Morgan fingerprint density at radius 1 is 0.970 bits per heavy atom. The number of nitrogens with zero attached hydrogens (tertiary/aromatic N) is 3. The van der Waals surface area contributed by atoms with E-state index < -0.39 is 23.1 Å². The van der Waals surface area contributed by atoms with Crippen molar-refractivity contribution >= 4 is 17.2 Å². The Morgan fingerprint density at radius 2 is 1.70 bits per heavy atom. The molecule has 2 aromatic heterocycles. The molecule has 0 atom stereocenters. The zero-order valence-electron chi connectivity index (χ0n) is 18.1. The zero-order chi connectivity index (χ0) is 24.0. The lowest BCUT2D eigenvalue weighted by Crippen LogP contribution is -2.28. The minimum Gasteiger partial charge on any atom is -0.508 e. The minimum absolute atomic E-state index is 0.107. The Labute approximate surface area is 187 Å². The van der Waals surface area contributed by atoms with E-state index in [0.29, 0.717) is 28.2 Å². The second-order valence-corrected chi connectivity index (χ2v) is 8.66. The molecule has 0 saturated carbocycles. The van der Waals surface area contributed by atoms with Crippen LogP contribution in [0.4, 0.5) is 18.9 Å². The zero-order valence-corrected chi connectivity index (χ0v) is 18.1. The summed E-state index contributed by atoms with van der Waals surface area (Å²) < 4.78 is 42.1. The number of imidazole rings is 1. The van der Waals surface area contributed by atoms with Gasteiger partial charge in [-0.1, -0.05) is 39.0 Å². The number of fused-ring (bicyclic) bond motifs is 1. The third-order valence-corrected chi connectivity index (χ3v) is 5.01. The first-order valence-electron chi connectivity index (χ1n) is 10.1. The van der Waals surface area contributed by atoms with Crippen molar-refractivity contribution in [1.82, 2.24) is 14.6 Å². The van der Waals surface area contributed by atoms with Crippen LogP contribution in [-0.4, -0.2) is 25.6 Å². The predicted molar refractivity (Wildman–Crippen MR) is 119 cm³/mol. The van der Waals surface area contributed by atoms with Gasteiger partial charge in [0.05, 0.1) is 28.8 Å². The molecule has 0 bridgehead atoms. The highest BCUT2D eigenvalue weighted by atomic mass is 19.4. The Bertz CT molecular complexity index is 1350. The molecule has 33 heavy (non-hydrogen) atoms. The van der Waals surface area contributed by atoms with Crippen molar-refractivity contribution < 1.29 is 23.1 Å². The fraction of sp³-hybridized carbons (Fsp3) is 0.208. The molecule has 0 unspecified atom stereocenters. The van der Waals surface area contributed by atoms with E-state index in [1.807, 2.05) is 0 Å². The molecule has 4 aromatic rings. The monoisotopic (exact) mass is 454 g/mol. The molecule has 9 heteroatoms. The molecule has 0 aliphatic rings. The number of amides is 1. The number of anilines is 1. The third-order valence-electron chi connectivity index (χ3n) is 5.01. The normalized spacial score (nSPS) is 12.2. The fourth-order valence-electron chi connectivity index (χ4n) is 3.20. The molecule has 0 saturated heterocycles. The Kier molecular flexibility index (Phi) is 5.35. The number of nitrogens with one attached hydrogen (secondary N) is 1. The van der Waals surface area contributed by atoms with Crippen molar-refractivity contribution in [3.05, 3.63) is 66.4 Å². The molecule has 2 N–H and O–H groups in total. The molecular formula is C24H21F3N4O2. The molecule has 0 radical (unpaired) electrons. The highest BCUT2D eigenvalue weighted by Gasteiger charge is 2.35. The molecule has 0 aliphatic carbocycles. The van der Waals surface area contributed by atoms with Crippen LogP contribution in [0.15, 0.2) is 60.8 Å². The van der Waals surface area contributed by atoms with Crippen LogP contribution in [0.2, 0.25) is 0 Å². The van der Waals surface area contributed by atoms with E-state index in [0.717, 1.165) is 6.07 Å². The van der Waals surface area contributed by atoms with Gasteiger partial charge in [-0.15, -0.1) is 0 Å². The number of alkyl halides is 3. The van der Waals surface area contributed by atoms with E-state index >= 15 is 0 Å². The van der Waals surface area contributed by atoms with Gasteiger partial charge in [0.1, 0.15) is 5.75 Å². The number of carbonyl (C=O) groups is 1. The minimum atomic E-state index is -4.63. The summed E-state index contributed by atoms with van der Waals surface area (Å²) in [6.45, 7) is 4.87. The smallest absolute Gasteiger partial charge is 0.418 e. The molecule has 2 aromatic carbocycles. The number of phenols is 1.